The van der Waals surface area contributed by atoms with Crippen molar-refractivity contribution in [2.24, 2.45) is 35.0 Å². The lowest BCUT2D eigenvalue weighted by Crippen LogP contribution is -2.43. The van der Waals surface area contributed by atoms with Crippen molar-refractivity contribution in [2.45, 2.75) is 96.6 Å². The second-order valence-corrected chi connectivity index (χ2v) is 9.37. The highest BCUT2D eigenvalue weighted by molar-refractivity contribution is 5.45. The molecule has 0 radical (unpaired) electrons. The Labute approximate surface area is 148 Å². The van der Waals surface area contributed by atoms with E-state index in [4.69, 9.17) is 0 Å². The van der Waals surface area contributed by atoms with Crippen LogP contribution in [0.4, 0.5) is 4.39 Å². The van der Waals surface area contributed by atoms with Gasteiger partial charge in [0.1, 0.15) is 6.17 Å². The van der Waals surface area contributed by atoms with Gasteiger partial charge in [-0.15, -0.1) is 0 Å². The summed E-state index contributed by atoms with van der Waals surface area (Å²) >= 11 is 0. The average molecular weight is 331 g/mol. The lowest BCUT2D eigenvalue weighted by Gasteiger charge is -2.48. The third kappa shape index (κ3) is 3.27. The molecule has 0 heterocycles. The van der Waals surface area contributed by atoms with Crippen LogP contribution in [0.2, 0.25) is 0 Å². The molecule has 1 heteroatoms. The molecule has 0 bridgehead atoms. The van der Waals surface area contributed by atoms with E-state index in [2.05, 4.69) is 18.8 Å². The molecular weight excluding hydrogens is 295 g/mol. The van der Waals surface area contributed by atoms with E-state index < -0.39 is 6.17 Å². The Bertz CT molecular complexity index is 484. The van der Waals surface area contributed by atoms with Crippen molar-refractivity contribution in [3.63, 3.8) is 0 Å². The Kier molecular flexibility index (Phi) is 4.95. The molecule has 5 unspecified atom stereocenters. The van der Waals surface area contributed by atoms with Gasteiger partial charge in [0.05, 0.1) is 5.41 Å². The maximum atomic E-state index is 14.1. The van der Waals surface area contributed by atoms with Crippen LogP contribution < -0.4 is 0 Å². The van der Waals surface area contributed by atoms with Gasteiger partial charge in [-0.2, -0.15) is 0 Å². The van der Waals surface area contributed by atoms with E-state index in [1.165, 1.54) is 64.2 Å². The highest BCUT2D eigenvalue weighted by Gasteiger charge is 2.55. The highest BCUT2D eigenvalue weighted by atomic mass is 19.1. The molecule has 3 saturated carbocycles. The van der Waals surface area contributed by atoms with Gasteiger partial charge >= 0.3 is 0 Å². The summed E-state index contributed by atoms with van der Waals surface area (Å²) in [5.41, 5.74) is 0.288. The van der Waals surface area contributed by atoms with E-state index in [1.54, 1.807) is 0 Å². The minimum absolute atomic E-state index is 0.288. The molecule has 1 spiro atoms. The minimum Gasteiger partial charge on any atom is -0.247 e. The van der Waals surface area contributed by atoms with E-state index in [9.17, 15) is 4.39 Å². The molecule has 0 aromatic heterocycles. The zero-order valence-electron chi connectivity index (χ0n) is 15.5. The molecule has 0 aromatic rings. The van der Waals surface area contributed by atoms with Crippen molar-refractivity contribution in [3.05, 3.63) is 0 Å². The Hall–Kier alpha value is -0.510. The first-order valence-electron chi connectivity index (χ1n) is 10.9. The summed E-state index contributed by atoms with van der Waals surface area (Å²) in [7, 11) is 0. The molecule has 0 aromatic carbocycles. The second kappa shape index (κ2) is 7.01. The van der Waals surface area contributed by atoms with Crippen LogP contribution in [0.5, 0.6) is 0 Å². The Balaban J connectivity index is 1.48. The van der Waals surface area contributed by atoms with Gasteiger partial charge in [-0.3, -0.25) is 0 Å². The third-order valence-corrected chi connectivity index (χ3v) is 8.05. The first-order valence-corrected chi connectivity index (χ1v) is 10.9. The lowest BCUT2D eigenvalue weighted by atomic mass is 9.54. The van der Waals surface area contributed by atoms with Gasteiger partial charge in [0.25, 0.3) is 0 Å². The Morgan fingerprint density at radius 1 is 0.958 bits per heavy atom. The van der Waals surface area contributed by atoms with Crippen LogP contribution in [0.3, 0.4) is 0 Å². The van der Waals surface area contributed by atoms with Gasteiger partial charge in [0.15, 0.2) is 0 Å². The summed E-state index contributed by atoms with van der Waals surface area (Å²) in [6.45, 7) is 2.37. The van der Waals surface area contributed by atoms with Crippen LogP contribution in [0.15, 0.2) is 0 Å². The molecule has 4 rings (SSSR count). The van der Waals surface area contributed by atoms with Crippen LogP contribution in [0.25, 0.3) is 0 Å². The fourth-order valence-electron chi connectivity index (χ4n) is 6.56. The first kappa shape index (κ1) is 16.9. The molecule has 0 saturated heterocycles. The molecule has 5 atom stereocenters. The van der Waals surface area contributed by atoms with Crippen LogP contribution in [-0.4, -0.2) is 6.17 Å². The predicted molar refractivity (Wildman–Crippen MR) is 98.3 cm³/mol. The zero-order chi connectivity index (χ0) is 16.6. The van der Waals surface area contributed by atoms with Crippen molar-refractivity contribution in [1.82, 2.24) is 0 Å². The van der Waals surface area contributed by atoms with Crippen LogP contribution >= 0.6 is 0 Å². The minimum atomic E-state index is -0.527. The van der Waals surface area contributed by atoms with E-state index in [0.717, 1.165) is 42.9 Å². The summed E-state index contributed by atoms with van der Waals surface area (Å²) in [6.07, 6.45) is 16.1. The molecule has 0 nitrogen and oxygen atoms in total. The van der Waals surface area contributed by atoms with Gasteiger partial charge in [-0.1, -0.05) is 63.7 Å². The molecule has 0 amide bonds. The smallest absolute Gasteiger partial charge is 0.100 e. The number of hydrogen-bond donors (Lipinski definition) is 0. The molecule has 0 N–H and O–H groups in total. The molecule has 4 aliphatic rings. The normalized spacial score (nSPS) is 37.2. The Morgan fingerprint density at radius 3 is 2.33 bits per heavy atom. The largest absolute Gasteiger partial charge is 0.247 e. The van der Waals surface area contributed by atoms with Crippen molar-refractivity contribution < 1.29 is 4.39 Å². The maximum Gasteiger partial charge on any atom is 0.100 e. The van der Waals surface area contributed by atoms with Crippen LogP contribution in [-0.2, 0) is 0 Å². The number of rotatable bonds is 6. The summed E-state index contributed by atoms with van der Waals surface area (Å²) in [6, 6.07) is 0. The Morgan fingerprint density at radius 2 is 1.75 bits per heavy atom. The van der Waals surface area contributed by atoms with Crippen molar-refractivity contribution >= 4 is 0 Å². The van der Waals surface area contributed by atoms with Gasteiger partial charge in [-0.05, 0) is 68.1 Å². The van der Waals surface area contributed by atoms with E-state index in [-0.39, 0.29) is 5.41 Å². The average Bonchev–Trinajstić information content (AvgIpc) is 3.38. The van der Waals surface area contributed by atoms with Crippen molar-refractivity contribution in [3.8, 4) is 11.8 Å². The summed E-state index contributed by atoms with van der Waals surface area (Å²) in [5, 5.41) is 0. The monoisotopic (exact) mass is 330 g/mol. The summed E-state index contributed by atoms with van der Waals surface area (Å²) < 4.78 is 14.1. The van der Waals surface area contributed by atoms with Crippen molar-refractivity contribution in [2.75, 3.05) is 0 Å². The lowest BCUT2D eigenvalue weighted by molar-refractivity contribution is 0.00843. The molecule has 134 valence electrons. The maximum absolute atomic E-state index is 14.1. The fourth-order valence-corrected chi connectivity index (χ4v) is 6.56. The quantitative estimate of drug-likeness (QED) is 0.485. The third-order valence-electron chi connectivity index (χ3n) is 8.05. The van der Waals surface area contributed by atoms with Gasteiger partial charge in [0.2, 0.25) is 0 Å². The number of hydrogen-bond acceptors (Lipinski definition) is 0. The first-order chi connectivity index (χ1) is 11.7. The standard InChI is InChI=1S/C23H35F/c1-2-20(18-9-6-10-19(24)16-18)21(15-17-7-4-3-5-8-17)22-11-12-23(22)13-14-23/h17-22H,2-12,15-16H2,1H3. The topological polar surface area (TPSA) is 0 Å². The molecule has 4 aliphatic carbocycles. The van der Waals surface area contributed by atoms with Gasteiger partial charge < -0.3 is 0 Å². The summed E-state index contributed by atoms with van der Waals surface area (Å²) in [4.78, 5) is 0. The highest BCUT2D eigenvalue weighted by Crippen LogP contribution is 2.59. The summed E-state index contributed by atoms with van der Waals surface area (Å²) in [5.74, 6) is 10.9. The number of halogens is 1. The fraction of sp³-hybridized carbons (Fsp3) is 0.913. The van der Waals surface area contributed by atoms with Crippen molar-refractivity contribution in [1.29, 1.82) is 0 Å². The van der Waals surface area contributed by atoms with E-state index in [0.29, 0.717) is 5.92 Å². The molecule has 0 aliphatic heterocycles. The number of alkyl halides is 1. The second-order valence-electron chi connectivity index (χ2n) is 9.37. The zero-order valence-corrected chi connectivity index (χ0v) is 15.5. The molecule has 24 heavy (non-hydrogen) atoms. The van der Waals surface area contributed by atoms with E-state index >= 15 is 0 Å². The predicted octanol–water partition coefficient (Wildman–Crippen LogP) is 6.54. The van der Waals surface area contributed by atoms with Gasteiger partial charge in [0, 0.05) is 0 Å². The molecule has 3 fully saturated rings. The van der Waals surface area contributed by atoms with Crippen LogP contribution in [0, 0.1) is 46.8 Å². The van der Waals surface area contributed by atoms with E-state index in [1.807, 2.05) is 0 Å². The van der Waals surface area contributed by atoms with Gasteiger partial charge in [-0.25, -0.2) is 4.39 Å². The molecular formula is C23H35F. The van der Waals surface area contributed by atoms with Crippen LogP contribution in [0.1, 0.15) is 90.4 Å². The SMILES string of the molecule is CCC(C1CCCC(F)C1)C(CC1CCCCC1)C1CCC12C#C2.